The first-order valence-electron chi connectivity index (χ1n) is 10.7. The van der Waals surface area contributed by atoms with Crippen molar-refractivity contribution in [1.29, 1.82) is 0 Å². The Morgan fingerprint density at radius 3 is 2.43 bits per heavy atom. The van der Waals surface area contributed by atoms with Gasteiger partial charge in [-0.25, -0.2) is 22.5 Å². The zero-order valence-electron chi connectivity index (χ0n) is 18.9. The van der Waals surface area contributed by atoms with Crippen LogP contribution >= 0.6 is 39.1 Å². The summed E-state index contributed by atoms with van der Waals surface area (Å²) in [7, 11) is -4.10. The van der Waals surface area contributed by atoms with E-state index >= 15 is 0 Å². The maximum atomic E-state index is 14.2. The van der Waals surface area contributed by atoms with Gasteiger partial charge in [0, 0.05) is 37.8 Å². The molecule has 0 aliphatic heterocycles. The van der Waals surface area contributed by atoms with Gasteiger partial charge in [0.05, 0.1) is 4.90 Å². The molecule has 0 saturated carbocycles. The smallest absolute Gasteiger partial charge is 0.283 e. The molecule has 6 nitrogen and oxygen atoms in total. The number of nitrogens with zero attached hydrogens (tertiary/aromatic N) is 1. The quantitative estimate of drug-likeness (QED) is 0.240. The lowest BCUT2D eigenvalue weighted by atomic mass is 10.1. The molecule has 1 heterocycles. The summed E-state index contributed by atoms with van der Waals surface area (Å²) in [4.78, 5) is 17.0. The number of benzene rings is 3. The third-order valence-corrected chi connectivity index (χ3v) is 7.46. The molecule has 4 rings (SSSR count). The summed E-state index contributed by atoms with van der Waals surface area (Å²) in [6.45, 7) is -0.0407. The van der Waals surface area contributed by atoms with Crippen LogP contribution in [0, 0.1) is 5.82 Å². The number of sulfonamides is 1. The Kier molecular flexibility index (Phi) is 8.49. The van der Waals surface area contributed by atoms with Crippen molar-refractivity contribution >= 4 is 55.1 Å². The highest BCUT2D eigenvalue weighted by atomic mass is 79.9. The van der Waals surface area contributed by atoms with E-state index in [9.17, 15) is 17.6 Å². The van der Waals surface area contributed by atoms with Crippen LogP contribution in [0.2, 0.25) is 10.0 Å². The second-order valence-corrected chi connectivity index (χ2v) is 11.3. The van der Waals surface area contributed by atoms with Gasteiger partial charge in [-0.1, -0.05) is 57.3 Å². The van der Waals surface area contributed by atoms with Crippen LogP contribution < -0.4 is 9.46 Å². The minimum Gasteiger partial charge on any atom is -0.489 e. The number of carbonyl (C=O) groups excluding carboxylic acids is 1. The molecule has 0 atom stereocenters. The average Bonchev–Trinajstić information content (AvgIpc) is 2.84. The standard InChI is InChI=1S/C26H18BrCl2FN2O4S/c27-18-3-1-5-22(13-18)37(34,35)32-26(33)24-6-2-4-21(31-24)12-17-11-19(28)9-10-25(17)36-15-16-7-8-20(29)14-23(16)30/h1-11,13-14H,12,15H2,(H,32,33). The van der Waals surface area contributed by atoms with Gasteiger partial charge in [-0.05, 0) is 60.7 Å². The summed E-state index contributed by atoms with van der Waals surface area (Å²) in [6, 6.07) is 20.0. The Labute approximate surface area is 231 Å². The van der Waals surface area contributed by atoms with Crippen LogP contribution in [0.4, 0.5) is 4.39 Å². The molecule has 4 aromatic rings. The van der Waals surface area contributed by atoms with Crippen LogP contribution in [-0.4, -0.2) is 19.3 Å². The molecule has 1 aromatic heterocycles. The fraction of sp³-hybridized carbons (Fsp3) is 0.0769. The van der Waals surface area contributed by atoms with Gasteiger partial charge in [-0.15, -0.1) is 0 Å². The molecule has 0 aliphatic carbocycles. The van der Waals surface area contributed by atoms with Gasteiger partial charge in [0.2, 0.25) is 0 Å². The predicted molar refractivity (Wildman–Crippen MR) is 143 cm³/mol. The molecule has 0 bridgehead atoms. The Balaban J connectivity index is 1.52. The minimum atomic E-state index is -4.10. The summed E-state index contributed by atoms with van der Waals surface area (Å²) in [5.41, 5.74) is 1.36. The number of amides is 1. The van der Waals surface area contributed by atoms with E-state index in [-0.39, 0.29) is 28.6 Å². The molecule has 3 aromatic carbocycles. The lowest BCUT2D eigenvalue weighted by molar-refractivity contribution is 0.0976. The van der Waals surface area contributed by atoms with Crippen molar-refractivity contribution in [2.24, 2.45) is 0 Å². The van der Waals surface area contributed by atoms with Gasteiger partial charge in [-0.3, -0.25) is 4.79 Å². The van der Waals surface area contributed by atoms with E-state index in [1.54, 1.807) is 54.6 Å². The van der Waals surface area contributed by atoms with Crippen molar-refractivity contribution in [3.63, 3.8) is 0 Å². The van der Waals surface area contributed by atoms with Crippen LogP contribution in [0.25, 0.3) is 0 Å². The monoisotopic (exact) mass is 622 g/mol. The first-order chi connectivity index (χ1) is 17.6. The summed E-state index contributed by atoms with van der Waals surface area (Å²) in [6.07, 6.45) is 0.221. The third-order valence-electron chi connectivity index (χ3n) is 5.17. The molecule has 11 heteroatoms. The van der Waals surface area contributed by atoms with E-state index in [1.807, 2.05) is 4.72 Å². The SMILES string of the molecule is O=C(NS(=O)(=O)c1cccc(Br)c1)c1cccc(Cc2cc(Cl)ccc2OCc2ccc(Cl)cc2F)n1. The highest BCUT2D eigenvalue weighted by molar-refractivity contribution is 9.10. The van der Waals surface area contributed by atoms with Crippen molar-refractivity contribution in [2.45, 2.75) is 17.9 Å². The maximum Gasteiger partial charge on any atom is 0.283 e. The Morgan fingerprint density at radius 1 is 0.946 bits per heavy atom. The number of ether oxygens (including phenoxy) is 1. The fourth-order valence-electron chi connectivity index (χ4n) is 3.39. The van der Waals surface area contributed by atoms with Gasteiger partial charge in [0.1, 0.15) is 23.9 Å². The third kappa shape index (κ3) is 7.07. The van der Waals surface area contributed by atoms with E-state index < -0.39 is 21.7 Å². The van der Waals surface area contributed by atoms with E-state index in [1.165, 1.54) is 24.3 Å². The number of pyridine rings is 1. The lowest BCUT2D eigenvalue weighted by Crippen LogP contribution is -2.31. The summed E-state index contributed by atoms with van der Waals surface area (Å²) in [5, 5.41) is 0.738. The van der Waals surface area contributed by atoms with Gasteiger partial charge in [0.15, 0.2) is 0 Å². The molecule has 0 saturated heterocycles. The first kappa shape index (κ1) is 27.1. The average molecular weight is 624 g/mol. The molecule has 1 N–H and O–H groups in total. The molecule has 190 valence electrons. The van der Waals surface area contributed by atoms with E-state index in [2.05, 4.69) is 20.9 Å². The summed E-state index contributed by atoms with van der Waals surface area (Å²) in [5.74, 6) is -0.906. The molecular weight excluding hydrogens is 606 g/mol. The first-order valence-corrected chi connectivity index (χ1v) is 13.8. The fourth-order valence-corrected chi connectivity index (χ4v) is 5.30. The van der Waals surface area contributed by atoms with Crippen molar-refractivity contribution in [3.8, 4) is 5.75 Å². The van der Waals surface area contributed by atoms with E-state index in [4.69, 9.17) is 27.9 Å². The van der Waals surface area contributed by atoms with Gasteiger partial charge in [-0.2, -0.15) is 0 Å². The van der Waals surface area contributed by atoms with Gasteiger partial charge < -0.3 is 4.74 Å². The molecule has 0 unspecified atom stereocenters. The zero-order valence-corrected chi connectivity index (χ0v) is 22.8. The van der Waals surface area contributed by atoms with Crippen LogP contribution in [0.3, 0.4) is 0 Å². The van der Waals surface area contributed by atoms with Gasteiger partial charge >= 0.3 is 0 Å². The molecule has 0 fully saturated rings. The van der Waals surface area contributed by atoms with Gasteiger partial charge in [0.25, 0.3) is 15.9 Å². The number of hydrogen-bond acceptors (Lipinski definition) is 5. The highest BCUT2D eigenvalue weighted by Gasteiger charge is 2.20. The molecule has 0 aliphatic rings. The van der Waals surface area contributed by atoms with E-state index in [0.717, 1.165) is 0 Å². The maximum absolute atomic E-state index is 14.2. The largest absolute Gasteiger partial charge is 0.489 e. The van der Waals surface area contributed by atoms with Crippen molar-refractivity contribution in [1.82, 2.24) is 9.71 Å². The molecule has 0 spiro atoms. The molecule has 0 radical (unpaired) electrons. The number of halogens is 4. The minimum absolute atomic E-state index is 0.0407. The van der Waals surface area contributed by atoms with Crippen LogP contribution in [0.5, 0.6) is 5.75 Å². The van der Waals surface area contributed by atoms with E-state index in [0.29, 0.717) is 32.1 Å². The number of hydrogen-bond donors (Lipinski definition) is 1. The Hall–Kier alpha value is -2.98. The summed E-state index contributed by atoms with van der Waals surface area (Å²) >= 11 is 15.2. The number of nitrogens with one attached hydrogen (secondary N) is 1. The number of aromatic nitrogens is 1. The predicted octanol–water partition coefficient (Wildman–Crippen LogP) is 6.58. The summed E-state index contributed by atoms with van der Waals surface area (Å²) < 4.78 is 47.8. The zero-order chi connectivity index (χ0) is 26.6. The van der Waals surface area contributed by atoms with Crippen LogP contribution in [0.15, 0.2) is 88.2 Å². The van der Waals surface area contributed by atoms with Crippen molar-refractivity contribution < 1.29 is 22.3 Å². The molecular formula is C26H18BrCl2FN2O4S. The van der Waals surface area contributed by atoms with Crippen molar-refractivity contribution in [2.75, 3.05) is 0 Å². The highest BCUT2D eigenvalue weighted by Crippen LogP contribution is 2.27. The number of rotatable bonds is 8. The number of carbonyl (C=O) groups is 1. The Bertz CT molecular complexity index is 1580. The Morgan fingerprint density at radius 2 is 1.68 bits per heavy atom. The van der Waals surface area contributed by atoms with Crippen molar-refractivity contribution in [3.05, 3.63) is 122 Å². The molecule has 1 amide bonds. The second kappa shape index (κ2) is 11.6. The second-order valence-electron chi connectivity index (χ2n) is 7.86. The van der Waals surface area contributed by atoms with Crippen LogP contribution in [-0.2, 0) is 23.1 Å². The lowest BCUT2D eigenvalue weighted by Gasteiger charge is -2.13. The normalized spacial score (nSPS) is 11.2. The van der Waals surface area contributed by atoms with Crippen LogP contribution in [0.1, 0.15) is 27.3 Å². The molecule has 37 heavy (non-hydrogen) atoms. The topological polar surface area (TPSA) is 85.4 Å².